The molecule has 0 unspecified atom stereocenters. The lowest BCUT2D eigenvalue weighted by Gasteiger charge is -2.21. The molecule has 6 heteroatoms. The Labute approximate surface area is 134 Å². The van der Waals surface area contributed by atoms with Crippen molar-refractivity contribution in [1.82, 2.24) is 4.98 Å². The highest BCUT2D eigenvalue weighted by Gasteiger charge is 2.30. The molecule has 1 rings (SSSR count). The van der Waals surface area contributed by atoms with Crippen molar-refractivity contribution in [3.05, 3.63) is 29.1 Å². The van der Waals surface area contributed by atoms with Crippen molar-refractivity contribution in [2.24, 2.45) is 0 Å². The molecule has 0 aliphatic rings. The van der Waals surface area contributed by atoms with Gasteiger partial charge in [0.1, 0.15) is 12.0 Å². The van der Waals surface area contributed by atoms with Gasteiger partial charge in [0.2, 0.25) is 0 Å². The molecule has 1 heterocycles. The van der Waals surface area contributed by atoms with Crippen molar-refractivity contribution in [2.75, 3.05) is 6.61 Å². The fraction of sp³-hybridized carbons (Fsp3) is 0.529. The van der Waals surface area contributed by atoms with Gasteiger partial charge in [-0.25, -0.2) is 0 Å². The average molecular weight is 329 g/mol. The second-order valence-electron chi connectivity index (χ2n) is 6.01. The van der Waals surface area contributed by atoms with Crippen LogP contribution in [0.3, 0.4) is 0 Å². The first-order valence-electron chi connectivity index (χ1n) is 7.43. The number of nitrogens with zero attached hydrogens (tertiary/aromatic N) is 1. The molecule has 0 fully saturated rings. The van der Waals surface area contributed by atoms with Crippen molar-refractivity contribution in [1.29, 1.82) is 0 Å². The molecule has 0 spiro atoms. The van der Waals surface area contributed by atoms with Gasteiger partial charge < -0.3 is 4.74 Å². The molecular weight excluding hydrogens is 307 g/mol. The molecule has 0 atom stereocenters. The molecule has 0 N–H and O–H groups in total. The second-order valence-corrected chi connectivity index (χ2v) is 6.01. The lowest BCUT2D eigenvalue weighted by Crippen LogP contribution is -2.21. The fourth-order valence-electron chi connectivity index (χ4n) is 2.05. The first kappa shape index (κ1) is 19.2. The van der Waals surface area contributed by atoms with Crippen LogP contribution in [0.5, 0.6) is 5.75 Å². The summed E-state index contributed by atoms with van der Waals surface area (Å²) in [5.41, 5.74) is 2.24. The number of hydrogen-bond acceptors (Lipinski definition) is 3. The van der Waals surface area contributed by atoms with Gasteiger partial charge in [0.05, 0.1) is 5.69 Å². The lowest BCUT2D eigenvalue weighted by molar-refractivity contribution is -0.153. The Bertz CT molecular complexity index is 590. The zero-order chi connectivity index (χ0) is 17.8. The number of alkyl halides is 3. The van der Waals surface area contributed by atoms with E-state index in [0.717, 1.165) is 5.69 Å². The number of hydrogen-bond donors (Lipinski definition) is 0. The predicted molar refractivity (Wildman–Crippen MR) is 83.7 cm³/mol. The van der Waals surface area contributed by atoms with E-state index in [9.17, 15) is 18.0 Å². The largest absolute Gasteiger partial charge is 0.482 e. The van der Waals surface area contributed by atoms with Crippen LogP contribution >= 0.6 is 0 Å². The molecule has 0 aromatic carbocycles. The molecule has 23 heavy (non-hydrogen) atoms. The summed E-state index contributed by atoms with van der Waals surface area (Å²) in [7, 11) is 0. The Morgan fingerprint density at radius 3 is 2.30 bits per heavy atom. The van der Waals surface area contributed by atoms with Gasteiger partial charge in [0.25, 0.3) is 0 Å². The summed E-state index contributed by atoms with van der Waals surface area (Å²) in [4.78, 5) is 15.2. The number of pyridine rings is 1. The quantitative estimate of drug-likeness (QED) is 0.552. The lowest BCUT2D eigenvalue weighted by atomic mass is 9.97. The molecule has 3 nitrogen and oxygen atoms in total. The summed E-state index contributed by atoms with van der Waals surface area (Å²) in [6.07, 6.45) is -2.53. The van der Waals surface area contributed by atoms with Crippen LogP contribution in [0.15, 0.2) is 12.1 Å². The van der Waals surface area contributed by atoms with Gasteiger partial charge in [0, 0.05) is 11.3 Å². The van der Waals surface area contributed by atoms with Crippen molar-refractivity contribution in [3.63, 3.8) is 0 Å². The third kappa shape index (κ3) is 5.37. The number of aromatic nitrogens is 1. The number of ether oxygens (including phenoxy) is 1. The summed E-state index contributed by atoms with van der Waals surface area (Å²) < 4.78 is 42.7. The maximum atomic E-state index is 12.5. The standard InChI is InChI=1S/C17H22F3NO2/c1-10(2)14-8-13(12(5)6-7-22)16(15(21-14)11(3)4)23-9-17(18,19)20/h6-8,10-11H,9H2,1-5H3/b12-6-. The molecule has 0 saturated carbocycles. The van der Waals surface area contributed by atoms with Crippen LogP contribution in [0.25, 0.3) is 5.57 Å². The fourth-order valence-corrected chi connectivity index (χ4v) is 2.05. The van der Waals surface area contributed by atoms with Crippen LogP contribution in [0.1, 0.15) is 63.4 Å². The van der Waals surface area contributed by atoms with Gasteiger partial charge in [-0.15, -0.1) is 0 Å². The summed E-state index contributed by atoms with van der Waals surface area (Å²) >= 11 is 0. The van der Waals surface area contributed by atoms with Gasteiger partial charge in [-0.3, -0.25) is 9.78 Å². The molecule has 0 saturated heterocycles. The van der Waals surface area contributed by atoms with Crippen LogP contribution in [-0.2, 0) is 4.79 Å². The van der Waals surface area contributed by atoms with E-state index in [-0.39, 0.29) is 17.6 Å². The Kier molecular flexibility index (Phi) is 6.36. The van der Waals surface area contributed by atoms with E-state index < -0.39 is 12.8 Å². The maximum Gasteiger partial charge on any atom is 0.422 e. The number of rotatable bonds is 6. The van der Waals surface area contributed by atoms with E-state index in [0.29, 0.717) is 23.1 Å². The molecule has 0 radical (unpaired) electrons. The van der Waals surface area contributed by atoms with Gasteiger partial charge in [-0.1, -0.05) is 27.7 Å². The summed E-state index contributed by atoms with van der Waals surface area (Å²) in [6.45, 7) is 7.86. The average Bonchev–Trinajstić information content (AvgIpc) is 2.43. The van der Waals surface area contributed by atoms with Crippen molar-refractivity contribution in [2.45, 2.75) is 52.6 Å². The van der Waals surface area contributed by atoms with Crippen LogP contribution < -0.4 is 4.74 Å². The van der Waals surface area contributed by atoms with E-state index in [1.165, 1.54) is 6.08 Å². The Balaban J connectivity index is 3.52. The van der Waals surface area contributed by atoms with E-state index >= 15 is 0 Å². The van der Waals surface area contributed by atoms with Crippen molar-refractivity contribution < 1.29 is 22.7 Å². The van der Waals surface area contributed by atoms with E-state index in [1.807, 2.05) is 27.7 Å². The highest BCUT2D eigenvalue weighted by atomic mass is 19.4. The van der Waals surface area contributed by atoms with Crippen molar-refractivity contribution in [3.8, 4) is 5.75 Å². The Morgan fingerprint density at radius 1 is 1.26 bits per heavy atom. The topological polar surface area (TPSA) is 39.2 Å². The number of carbonyl (C=O) groups is 1. The van der Waals surface area contributed by atoms with Crippen LogP contribution in [0.4, 0.5) is 13.2 Å². The third-order valence-corrected chi connectivity index (χ3v) is 3.28. The summed E-state index contributed by atoms with van der Waals surface area (Å²) in [6, 6.07) is 1.69. The number of halogens is 3. The molecule has 0 amide bonds. The van der Waals surface area contributed by atoms with Gasteiger partial charge in [0.15, 0.2) is 6.61 Å². The van der Waals surface area contributed by atoms with Crippen LogP contribution in [-0.4, -0.2) is 24.1 Å². The minimum atomic E-state index is -4.44. The molecule has 0 aliphatic carbocycles. The Hall–Kier alpha value is -1.85. The zero-order valence-electron chi connectivity index (χ0n) is 14.0. The zero-order valence-corrected chi connectivity index (χ0v) is 14.0. The highest BCUT2D eigenvalue weighted by Crippen LogP contribution is 2.36. The molecule has 1 aromatic heterocycles. The first-order chi connectivity index (χ1) is 10.6. The molecule has 128 valence electrons. The summed E-state index contributed by atoms with van der Waals surface area (Å²) in [5.74, 6) is 0.0870. The normalized spacial score (nSPS) is 12.9. The smallest absolute Gasteiger partial charge is 0.422 e. The van der Waals surface area contributed by atoms with Gasteiger partial charge in [-0.05, 0) is 36.5 Å². The van der Waals surface area contributed by atoms with Crippen molar-refractivity contribution >= 4 is 11.9 Å². The Morgan fingerprint density at radius 2 is 1.87 bits per heavy atom. The van der Waals surface area contributed by atoms with Gasteiger partial charge in [-0.2, -0.15) is 13.2 Å². The van der Waals surface area contributed by atoms with Crippen LogP contribution in [0.2, 0.25) is 0 Å². The number of aldehydes is 1. The van der Waals surface area contributed by atoms with E-state index in [2.05, 4.69) is 4.98 Å². The maximum absolute atomic E-state index is 12.5. The highest BCUT2D eigenvalue weighted by molar-refractivity contribution is 5.83. The van der Waals surface area contributed by atoms with E-state index in [1.54, 1.807) is 13.0 Å². The number of allylic oxidation sites excluding steroid dienone is 2. The minimum absolute atomic E-state index is 0.0947. The molecular formula is C17H22F3NO2. The number of carbonyl (C=O) groups excluding carboxylic acids is 1. The third-order valence-electron chi connectivity index (χ3n) is 3.28. The summed E-state index contributed by atoms with van der Waals surface area (Å²) in [5, 5.41) is 0. The minimum Gasteiger partial charge on any atom is -0.482 e. The second kappa shape index (κ2) is 7.62. The molecule has 0 aliphatic heterocycles. The molecule has 1 aromatic rings. The SMILES string of the molecule is C/C(=C/C=O)c1cc(C(C)C)nc(C(C)C)c1OCC(F)(F)F. The monoisotopic (exact) mass is 329 g/mol. The van der Waals surface area contributed by atoms with Crippen LogP contribution in [0, 0.1) is 0 Å². The first-order valence-corrected chi connectivity index (χ1v) is 7.43. The van der Waals surface area contributed by atoms with E-state index in [4.69, 9.17) is 4.74 Å². The molecule has 0 bridgehead atoms. The van der Waals surface area contributed by atoms with Gasteiger partial charge >= 0.3 is 6.18 Å². The predicted octanol–water partition coefficient (Wildman–Crippen LogP) is 4.87.